The molecule has 2 aromatic carbocycles. The van der Waals surface area contributed by atoms with Gasteiger partial charge in [0.15, 0.2) is 5.58 Å². The van der Waals surface area contributed by atoms with Crippen molar-refractivity contribution < 1.29 is 9.15 Å². The second-order valence-electron chi connectivity index (χ2n) is 5.22. The summed E-state index contributed by atoms with van der Waals surface area (Å²) in [4.78, 5) is 4.57. The molecule has 0 bridgehead atoms. The first-order valence-electron chi connectivity index (χ1n) is 6.77. The number of oxazole rings is 1. The van der Waals surface area contributed by atoms with Gasteiger partial charge in [-0.25, -0.2) is 4.98 Å². The minimum atomic E-state index is 0.116. The number of nitrogens with zero attached hydrogens (tertiary/aromatic N) is 1. The SMILES string of the molecule is Nc1cc(Br)cc2nc(C3COc4ccccc4C3)oc12. The Labute approximate surface area is 130 Å². The number of fused-ring (bicyclic) bond motifs is 2. The molecule has 3 aromatic rings. The summed E-state index contributed by atoms with van der Waals surface area (Å²) in [6, 6.07) is 11.8. The van der Waals surface area contributed by atoms with E-state index in [4.69, 9.17) is 14.9 Å². The van der Waals surface area contributed by atoms with Crippen molar-refractivity contribution in [1.82, 2.24) is 4.98 Å². The van der Waals surface area contributed by atoms with Crippen LogP contribution in [0, 0.1) is 0 Å². The highest BCUT2D eigenvalue weighted by Gasteiger charge is 2.25. The molecule has 0 amide bonds. The Balaban J connectivity index is 1.73. The number of nitrogens with two attached hydrogens (primary N) is 1. The van der Waals surface area contributed by atoms with Crippen LogP contribution in [0.5, 0.6) is 5.75 Å². The maximum atomic E-state index is 5.98. The van der Waals surface area contributed by atoms with Crippen LogP contribution < -0.4 is 10.5 Å². The van der Waals surface area contributed by atoms with Crippen molar-refractivity contribution in [1.29, 1.82) is 0 Å². The van der Waals surface area contributed by atoms with Crippen LogP contribution in [0.3, 0.4) is 0 Å². The van der Waals surface area contributed by atoms with E-state index >= 15 is 0 Å². The highest BCUT2D eigenvalue weighted by atomic mass is 79.9. The van der Waals surface area contributed by atoms with Crippen LogP contribution in [0.2, 0.25) is 0 Å². The first kappa shape index (κ1) is 12.7. The molecule has 0 fully saturated rings. The predicted octanol–water partition coefficient (Wildman–Crippen LogP) is 3.89. The first-order valence-corrected chi connectivity index (χ1v) is 7.56. The van der Waals surface area contributed by atoms with Crippen molar-refractivity contribution in [3.8, 4) is 5.75 Å². The standard InChI is InChI=1S/C16H13BrN2O2/c17-11-6-12(18)15-13(7-11)19-16(21-15)10-5-9-3-1-2-4-14(9)20-8-10/h1-4,6-7,10H,5,8,18H2. The predicted molar refractivity (Wildman–Crippen MR) is 84.5 cm³/mol. The topological polar surface area (TPSA) is 61.3 Å². The van der Waals surface area contributed by atoms with Gasteiger partial charge in [0.05, 0.1) is 11.6 Å². The van der Waals surface area contributed by atoms with Gasteiger partial charge in [0.25, 0.3) is 0 Å². The molecule has 1 atom stereocenters. The Morgan fingerprint density at radius 1 is 1.24 bits per heavy atom. The maximum absolute atomic E-state index is 5.98. The van der Waals surface area contributed by atoms with E-state index < -0.39 is 0 Å². The molecule has 0 radical (unpaired) electrons. The number of nitrogen functional groups attached to an aromatic ring is 1. The Hall–Kier alpha value is -2.01. The molecule has 4 rings (SSSR count). The quantitative estimate of drug-likeness (QED) is 0.680. The van der Waals surface area contributed by atoms with Crippen LogP contribution in [0.25, 0.3) is 11.1 Å². The highest BCUT2D eigenvalue weighted by molar-refractivity contribution is 9.10. The monoisotopic (exact) mass is 344 g/mol. The average Bonchev–Trinajstić information content (AvgIpc) is 2.91. The Morgan fingerprint density at radius 3 is 3.00 bits per heavy atom. The zero-order valence-corrected chi connectivity index (χ0v) is 12.8. The van der Waals surface area contributed by atoms with Crippen LogP contribution in [-0.4, -0.2) is 11.6 Å². The van der Waals surface area contributed by atoms with Crippen LogP contribution >= 0.6 is 15.9 Å². The summed E-state index contributed by atoms with van der Waals surface area (Å²) in [5.41, 5.74) is 9.18. The maximum Gasteiger partial charge on any atom is 0.202 e. The van der Waals surface area contributed by atoms with Gasteiger partial charge in [-0.1, -0.05) is 34.1 Å². The van der Waals surface area contributed by atoms with Crippen molar-refractivity contribution in [3.05, 3.63) is 52.3 Å². The van der Waals surface area contributed by atoms with E-state index in [-0.39, 0.29) is 5.92 Å². The molecule has 1 aliphatic heterocycles. The molecule has 0 saturated heterocycles. The smallest absolute Gasteiger partial charge is 0.202 e. The zero-order valence-electron chi connectivity index (χ0n) is 11.2. The third-order valence-electron chi connectivity index (χ3n) is 3.73. The third kappa shape index (κ3) is 2.17. The fraction of sp³-hybridized carbons (Fsp3) is 0.188. The van der Waals surface area contributed by atoms with E-state index in [0.717, 1.165) is 22.2 Å². The van der Waals surface area contributed by atoms with Crippen molar-refractivity contribution in [2.75, 3.05) is 12.3 Å². The zero-order chi connectivity index (χ0) is 14.4. The summed E-state index contributed by atoms with van der Waals surface area (Å²) in [6.45, 7) is 0.574. The Kier molecular flexibility index (Phi) is 2.89. The number of hydrogen-bond acceptors (Lipinski definition) is 4. The second-order valence-corrected chi connectivity index (χ2v) is 6.13. The molecule has 4 nitrogen and oxygen atoms in total. The van der Waals surface area contributed by atoms with Crippen molar-refractivity contribution >= 4 is 32.7 Å². The summed E-state index contributed by atoms with van der Waals surface area (Å²) in [6.07, 6.45) is 0.865. The lowest BCUT2D eigenvalue weighted by molar-refractivity contribution is 0.243. The van der Waals surface area contributed by atoms with E-state index in [1.165, 1.54) is 5.56 Å². The first-order chi connectivity index (χ1) is 10.2. The van der Waals surface area contributed by atoms with Gasteiger partial charge < -0.3 is 14.9 Å². The van der Waals surface area contributed by atoms with Crippen LogP contribution in [0.1, 0.15) is 17.4 Å². The van der Waals surface area contributed by atoms with Crippen LogP contribution in [0.4, 0.5) is 5.69 Å². The molecule has 0 aliphatic carbocycles. The highest BCUT2D eigenvalue weighted by Crippen LogP contribution is 2.34. The number of ether oxygens (including phenoxy) is 1. The van der Waals surface area contributed by atoms with Crippen molar-refractivity contribution in [2.24, 2.45) is 0 Å². The molecule has 1 aromatic heterocycles. The van der Waals surface area contributed by atoms with E-state index in [0.29, 0.717) is 23.8 Å². The van der Waals surface area contributed by atoms with E-state index in [1.54, 1.807) is 0 Å². The Morgan fingerprint density at radius 2 is 2.10 bits per heavy atom. The number of halogens is 1. The van der Waals surface area contributed by atoms with Gasteiger partial charge in [-0.05, 0) is 30.2 Å². The lowest BCUT2D eigenvalue weighted by Crippen LogP contribution is -2.19. The normalized spacial score (nSPS) is 17.5. The largest absolute Gasteiger partial charge is 0.492 e. The lowest BCUT2D eigenvalue weighted by atomic mass is 9.97. The van der Waals surface area contributed by atoms with E-state index in [1.807, 2.05) is 30.3 Å². The average molecular weight is 345 g/mol. The molecule has 106 valence electrons. The second kappa shape index (κ2) is 4.77. The fourth-order valence-corrected chi connectivity index (χ4v) is 3.16. The molecule has 1 unspecified atom stereocenters. The van der Waals surface area contributed by atoms with E-state index in [9.17, 15) is 0 Å². The number of hydrogen-bond donors (Lipinski definition) is 1. The summed E-state index contributed by atoms with van der Waals surface area (Å²) in [5, 5.41) is 0. The van der Waals surface area contributed by atoms with Gasteiger partial charge in [0, 0.05) is 4.47 Å². The summed E-state index contributed by atoms with van der Waals surface area (Å²) >= 11 is 3.42. The minimum Gasteiger partial charge on any atom is -0.492 e. The molecular weight excluding hydrogens is 332 g/mol. The number of rotatable bonds is 1. The van der Waals surface area contributed by atoms with Gasteiger partial charge >= 0.3 is 0 Å². The molecule has 0 saturated carbocycles. The minimum absolute atomic E-state index is 0.116. The third-order valence-corrected chi connectivity index (χ3v) is 4.19. The van der Waals surface area contributed by atoms with Gasteiger partial charge in [0.2, 0.25) is 5.89 Å². The summed E-state index contributed by atoms with van der Waals surface area (Å²) in [7, 11) is 0. The summed E-state index contributed by atoms with van der Waals surface area (Å²) in [5.74, 6) is 1.75. The number of anilines is 1. The van der Waals surface area contributed by atoms with Gasteiger partial charge in [-0.2, -0.15) is 0 Å². The molecular formula is C16H13BrN2O2. The van der Waals surface area contributed by atoms with E-state index in [2.05, 4.69) is 27.0 Å². The van der Waals surface area contributed by atoms with Crippen LogP contribution in [0.15, 0.2) is 45.3 Å². The number of benzene rings is 2. The molecule has 2 N–H and O–H groups in total. The molecule has 2 heterocycles. The lowest BCUT2D eigenvalue weighted by Gasteiger charge is -2.22. The van der Waals surface area contributed by atoms with Crippen LogP contribution in [-0.2, 0) is 6.42 Å². The summed E-state index contributed by atoms with van der Waals surface area (Å²) < 4.78 is 12.6. The van der Waals surface area contributed by atoms with Gasteiger partial charge in [-0.3, -0.25) is 0 Å². The van der Waals surface area contributed by atoms with Crippen molar-refractivity contribution in [2.45, 2.75) is 12.3 Å². The van der Waals surface area contributed by atoms with Gasteiger partial charge in [-0.15, -0.1) is 0 Å². The fourth-order valence-electron chi connectivity index (χ4n) is 2.70. The molecule has 21 heavy (non-hydrogen) atoms. The molecule has 0 spiro atoms. The molecule has 5 heteroatoms. The van der Waals surface area contributed by atoms with Gasteiger partial charge in [0.1, 0.15) is 17.9 Å². The Bertz CT molecular complexity index is 828. The number of para-hydroxylation sites is 1. The van der Waals surface area contributed by atoms with Crippen molar-refractivity contribution in [3.63, 3.8) is 0 Å². The number of aromatic nitrogens is 1. The molecule has 1 aliphatic rings.